The Bertz CT molecular complexity index is 407. The maximum atomic E-state index is 6.21. The molecule has 1 aromatic carbocycles. The molecule has 2 rings (SSSR count). The van der Waals surface area contributed by atoms with Gasteiger partial charge < -0.3 is 15.2 Å². The minimum absolute atomic E-state index is 0.351. The average Bonchev–Trinajstić information content (AvgIpc) is 2.50. The predicted molar refractivity (Wildman–Crippen MR) is 68.6 cm³/mol. The summed E-state index contributed by atoms with van der Waals surface area (Å²) in [7, 11) is 0. The first-order chi connectivity index (χ1) is 8.02. The van der Waals surface area contributed by atoms with Gasteiger partial charge in [0.05, 0.1) is 13.2 Å². The zero-order valence-corrected chi connectivity index (χ0v) is 10.9. The molecule has 94 valence electrons. The van der Waals surface area contributed by atoms with Crippen molar-refractivity contribution in [1.29, 1.82) is 0 Å². The van der Waals surface area contributed by atoms with Crippen molar-refractivity contribution in [3.05, 3.63) is 23.3 Å². The Labute approximate surface area is 103 Å². The summed E-state index contributed by atoms with van der Waals surface area (Å²) < 4.78 is 11.4. The van der Waals surface area contributed by atoms with Gasteiger partial charge in [-0.25, -0.2) is 0 Å². The maximum Gasteiger partial charge on any atom is 0.161 e. The van der Waals surface area contributed by atoms with Crippen LogP contribution in [0.15, 0.2) is 12.1 Å². The zero-order valence-electron chi connectivity index (χ0n) is 10.9. The van der Waals surface area contributed by atoms with Gasteiger partial charge in [0.15, 0.2) is 11.5 Å². The molecule has 3 nitrogen and oxygen atoms in total. The molecule has 1 aliphatic heterocycles. The first kappa shape index (κ1) is 12.2. The van der Waals surface area contributed by atoms with E-state index in [0.717, 1.165) is 36.5 Å². The van der Waals surface area contributed by atoms with Crippen LogP contribution >= 0.6 is 0 Å². The van der Waals surface area contributed by atoms with Crippen molar-refractivity contribution in [2.75, 3.05) is 13.2 Å². The van der Waals surface area contributed by atoms with Crippen molar-refractivity contribution < 1.29 is 9.47 Å². The van der Waals surface area contributed by atoms with Gasteiger partial charge in [-0.2, -0.15) is 0 Å². The molecule has 1 aromatic rings. The quantitative estimate of drug-likeness (QED) is 0.857. The Balaban J connectivity index is 2.50. The van der Waals surface area contributed by atoms with E-state index in [1.54, 1.807) is 0 Å². The number of hydrogen-bond donors (Lipinski definition) is 1. The Morgan fingerprint density at radius 1 is 1.18 bits per heavy atom. The number of aryl methyl sites for hydroxylation is 1. The number of ether oxygens (including phenoxy) is 2. The van der Waals surface area contributed by atoms with Crippen LogP contribution < -0.4 is 15.2 Å². The topological polar surface area (TPSA) is 44.5 Å². The number of rotatable bonds is 2. The van der Waals surface area contributed by atoms with E-state index in [2.05, 4.69) is 13.0 Å². The Hall–Kier alpha value is -1.22. The molecule has 1 heterocycles. The third-order valence-corrected chi connectivity index (χ3v) is 3.05. The highest BCUT2D eigenvalue weighted by atomic mass is 16.5. The highest BCUT2D eigenvalue weighted by molar-refractivity contribution is 5.49. The Morgan fingerprint density at radius 2 is 1.76 bits per heavy atom. The summed E-state index contributed by atoms with van der Waals surface area (Å²) >= 11 is 0. The van der Waals surface area contributed by atoms with E-state index in [1.807, 2.05) is 19.9 Å². The second kappa shape index (κ2) is 4.57. The highest BCUT2D eigenvalue weighted by Crippen LogP contribution is 2.36. The normalized spacial score (nSPS) is 15.5. The second-order valence-electron chi connectivity index (χ2n) is 5.08. The summed E-state index contributed by atoms with van der Waals surface area (Å²) in [6, 6.07) is 4.12. The highest BCUT2D eigenvalue weighted by Gasteiger charge is 2.22. The van der Waals surface area contributed by atoms with Gasteiger partial charge in [-0.1, -0.05) is 6.92 Å². The summed E-state index contributed by atoms with van der Waals surface area (Å²) in [5, 5.41) is 0. The van der Waals surface area contributed by atoms with E-state index in [1.165, 1.54) is 5.56 Å². The van der Waals surface area contributed by atoms with E-state index >= 15 is 0 Å². The van der Waals surface area contributed by atoms with Crippen LogP contribution in [0.2, 0.25) is 0 Å². The van der Waals surface area contributed by atoms with Crippen molar-refractivity contribution in [1.82, 2.24) is 0 Å². The van der Waals surface area contributed by atoms with Gasteiger partial charge in [-0.3, -0.25) is 0 Å². The summed E-state index contributed by atoms with van der Waals surface area (Å²) in [6.45, 7) is 7.61. The molecule has 0 atom stereocenters. The van der Waals surface area contributed by atoms with Crippen LogP contribution in [0.5, 0.6) is 11.5 Å². The second-order valence-corrected chi connectivity index (χ2v) is 5.08. The number of benzene rings is 1. The number of fused-ring (bicyclic) bond motifs is 1. The first-order valence-corrected chi connectivity index (χ1v) is 6.24. The summed E-state index contributed by atoms with van der Waals surface area (Å²) in [6.07, 6.45) is 1.88. The molecule has 0 unspecified atom stereocenters. The van der Waals surface area contributed by atoms with Crippen LogP contribution in [0.3, 0.4) is 0 Å². The van der Waals surface area contributed by atoms with Crippen molar-refractivity contribution in [2.24, 2.45) is 5.73 Å². The molecule has 0 radical (unpaired) electrons. The van der Waals surface area contributed by atoms with Gasteiger partial charge in [0, 0.05) is 12.0 Å². The van der Waals surface area contributed by atoms with Gasteiger partial charge in [0.25, 0.3) is 0 Å². The third-order valence-electron chi connectivity index (χ3n) is 3.05. The molecule has 0 aliphatic carbocycles. The third kappa shape index (κ3) is 2.55. The summed E-state index contributed by atoms with van der Waals surface area (Å²) in [5.41, 5.74) is 8.24. The Kier molecular flexibility index (Phi) is 3.29. The van der Waals surface area contributed by atoms with Crippen LogP contribution in [0.4, 0.5) is 0 Å². The zero-order chi connectivity index (χ0) is 12.5. The van der Waals surface area contributed by atoms with Crippen molar-refractivity contribution in [2.45, 2.75) is 39.2 Å². The lowest BCUT2D eigenvalue weighted by Crippen LogP contribution is -2.30. The summed E-state index contributed by atoms with van der Waals surface area (Å²) in [4.78, 5) is 0. The fourth-order valence-electron chi connectivity index (χ4n) is 2.14. The minimum Gasteiger partial charge on any atom is -0.490 e. The molecular weight excluding hydrogens is 214 g/mol. The molecule has 1 aliphatic rings. The fourth-order valence-corrected chi connectivity index (χ4v) is 2.14. The lowest BCUT2D eigenvalue weighted by atomic mass is 9.89. The van der Waals surface area contributed by atoms with Crippen LogP contribution in [-0.4, -0.2) is 13.2 Å². The molecule has 2 N–H and O–H groups in total. The van der Waals surface area contributed by atoms with Crippen molar-refractivity contribution in [3.63, 3.8) is 0 Å². The van der Waals surface area contributed by atoms with Gasteiger partial charge in [-0.05, 0) is 43.5 Å². The van der Waals surface area contributed by atoms with Crippen molar-refractivity contribution >= 4 is 0 Å². The number of nitrogens with two attached hydrogens (primary N) is 1. The van der Waals surface area contributed by atoms with E-state index in [4.69, 9.17) is 15.2 Å². The van der Waals surface area contributed by atoms with E-state index in [9.17, 15) is 0 Å². The minimum atomic E-state index is -0.351. The van der Waals surface area contributed by atoms with Gasteiger partial charge >= 0.3 is 0 Å². The fraction of sp³-hybridized carbons (Fsp3) is 0.571. The molecule has 0 aromatic heterocycles. The van der Waals surface area contributed by atoms with Crippen LogP contribution in [-0.2, 0) is 12.0 Å². The van der Waals surface area contributed by atoms with E-state index in [0.29, 0.717) is 6.61 Å². The van der Waals surface area contributed by atoms with Gasteiger partial charge in [0.2, 0.25) is 0 Å². The molecule has 17 heavy (non-hydrogen) atoms. The molecule has 0 spiro atoms. The van der Waals surface area contributed by atoms with Crippen LogP contribution in [0, 0.1) is 0 Å². The number of hydrogen-bond acceptors (Lipinski definition) is 3. The maximum absolute atomic E-state index is 6.21. The lowest BCUT2D eigenvalue weighted by Gasteiger charge is -2.24. The molecule has 3 heteroatoms. The van der Waals surface area contributed by atoms with Gasteiger partial charge in [0.1, 0.15) is 0 Å². The Morgan fingerprint density at radius 3 is 2.29 bits per heavy atom. The molecule has 0 bridgehead atoms. The average molecular weight is 235 g/mol. The predicted octanol–water partition coefficient (Wildman–Crippen LogP) is 2.60. The molecular formula is C14H21NO2. The smallest absolute Gasteiger partial charge is 0.161 e. The molecule has 0 amide bonds. The molecule has 0 saturated heterocycles. The standard InChI is InChI=1S/C14H21NO2/c1-4-10-8-12-13(17-7-5-6-16-12)9-11(10)14(2,3)15/h8-9H,4-7,15H2,1-3H3. The van der Waals surface area contributed by atoms with E-state index in [-0.39, 0.29) is 5.54 Å². The van der Waals surface area contributed by atoms with Crippen LogP contribution in [0.25, 0.3) is 0 Å². The van der Waals surface area contributed by atoms with Gasteiger partial charge in [-0.15, -0.1) is 0 Å². The molecule has 0 fully saturated rings. The monoisotopic (exact) mass is 235 g/mol. The lowest BCUT2D eigenvalue weighted by molar-refractivity contribution is 0.296. The van der Waals surface area contributed by atoms with Crippen LogP contribution in [0.1, 0.15) is 38.3 Å². The van der Waals surface area contributed by atoms with E-state index < -0.39 is 0 Å². The largest absolute Gasteiger partial charge is 0.490 e. The first-order valence-electron chi connectivity index (χ1n) is 6.24. The van der Waals surface area contributed by atoms with Crippen molar-refractivity contribution in [3.8, 4) is 11.5 Å². The molecule has 0 saturated carbocycles. The summed E-state index contributed by atoms with van der Waals surface area (Å²) in [5.74, 6) is 1.68. The SMILES string of the molecule is CCc1cc2c(cc1C(C)(C)N)OCCCO2.